The Balaban J connectivity index is 2.34. The molecule has 1 rings (SSSR count). The van der Waals surface area contributed by atoms with Gasteiger partial charge in [0.15, 0.2) is 5.96 Å². The first-order chi connectivity index (χ1) is 7.61. The first kappa shape index (κ1) is 12.0. The van der Waals surface area contributed by atoms with E-state index < -0.39 is 0 Å². The van der Waals surface area contributed by atoms with Gasteiger partial charge in [0, 0.05) is 7.05 Å². The quantitative estimate of drug-likeness (QED) is 0.445. The topological polar surface area (TPSA) is 79.4 Å². The first-order valence-corrected chi connectivity index (χ1v) is 4.88. The second-order valence-electron chi connectivity index (χ2n) is 3.31. The molecule has 0 fully saturated rings. The van der Waals surface area contributed by atoms with Crippen molar-refractivity contribution in [3.05, 3.63) is 35.9 Å². The normalized spacial score (nSPS) is 9.56. The van der Waals surface area contributed by atoms with Gasteiger partial charge in [-0.3, -0.25) is 5.41 Å². The molecule has 1 aromatic carbocycles. The Kier molecular flexibility index (Phi) is 4.32. The van der Waals surface area contributed by atoms with Crippen LogP contribution in [0, 0.1) is 5.41 Å². The number of carbonyl (C=O) groups excluding carboxylic acids is 1. The zero-order chi connectivity index (χ0) is 12.0. The summed E-state index contributed by atoms with van der Waals surface area (Å²) in [4.78, 5) is 13.0. The van der Waals surface area contributed by atoms with Crippen LogP contribution in [-0.2, 0) is 4.74 Å². The zero-order valence-electron chi connectivity index (χ0n) is 9.14. The Morgan fingerprint density at radius 2 is 2.06 bits per heavy atom. The molecule has 0 atom stereocenters. The standard InChI is InChI=1S/C11H15N3O2/c1-14(11(12)13)7-8-16-10(15)9-5-3-2-4-6-9/h2-6H,7-8H2,1H3,(H3,12,13). The number of esters is 1. The summed E-state index contributed by atoms with van der Waals surface area (Å²) in [5, 5.41) is 7.11. The van der Waals surface area contributed by atoms with Crippen molar-refractivity contribution in [1.29, 1.82) is 5.41 Å². The van der Waals surface area contributed by atoms with E-state index in [4.69, 9.17) is 15.9 Å². The molecule has 0 radical (unpaired) electrons. The van der Waals surface area contributed by atoms with Gasteiger partial charge in [0.05, 0.1) is 12.1 Å². The number of nitrogens with two attached hydrogens (primary N) is 1. The average molecular weight is 221 g/mol. The van der Waals surface area contributed by atoms with Gasteiger partial charge in [0.2, 0.25) is 0 Å². The highest BCUT2D eigenvalue weighted by molar-refractivity contribution is 5.89. The van der Waals surface area contributed by atoms with Crippen LogP contribution in [-0.4, -0.2) is 37.0 Å². The fourth-order valence-electron chi connectivity index (χ4n) is 1.05. The number of hydrogen-bond acceptors (Lipinski definition) is 3. The Bertz CT molecular complexity index is 365. The van der Waals surface area contributed by atoms with E-state index in [1.807, 2.05) is 6.07 Å². The third-order valence-corrected chi connectivity index (χ3v) is 2.08. The fourth-order valence-corrected chi connectivity index (χ4v) is 1.05. The van der Waals surface area contributed by atoms with E-state index >= 15 is 0 Å². The Morgan fingerprint density at radius 3 is 2.62 bits per heavy atom. The van der Waals surface area contributed by atoms with Crippen molar-refractivity contribution in [2.75, 3.05) is 20.2 Å². The largest absolute Gasteiger partial charge is 0.460 e. The van der Waals surface area contributed by atoms with Crippen molar-refractivity contribution in [3.63, 3.8) is 0 Å². The van der Waals surface area contributed by atoms with Crippen LogP contribution in [0.15, 0.2) is 30.3 Å². The zero-order valence-corrected chi connectivity index (χ0v) is 9.14. The number of carbonyl (C=O) groups is 1. The van der Waals surface area contributed by atoms with E-state index in [9.17, 15) is 4.79 Å². The van der Waals surface area contributed by atoms with Crippen LogP contribution in [0.4, 0.5) is 0 Å². The molecule has 0 aliphatic heterocycles. The van der Waals surface area contributed by atoms with Gasteiger partial charge in [-0.15, -0.1) is 0 Å². The predicted molar refractivity (Wildman–Crippen MR) is 61.3 cm³/mol. The smallest absolute Gasteiger partial charge is 0.338 e. The summed E-state index contributed by atoms with van der Waals surface area (Å²) in [5.41, 5.74) is 5.75. The van der Waals surface area contributed by atoms with Crippen LogP contribution in [0.1, 0.15) is 10.4 Å². The molecule has 3 N–H and O–H groups in total. The molecule has 5 heteroatoms. The van der Waals surface area contributed by atoms with Gasteiger partial charge >= 0.3 is 5.97 Å². The van der Waals surface area contributed by atoms with Gasteiger partial charge in [0.1, 0.15) is 6.61 Å². The maximum atomic E-state index is 11.5. The van der Waals surface area contributed by atoms with Crippen LogP contribution in [0.3, 0.4) is 0 Å². The molecular formula is C11H15N3O2. The predicted octanol–water partition coefficient (Wildman–Crippen LogP) is 0.669. The van der Waals surface area contributed by atoms with Crippen molar-refractivity contribution in [3.8, 4) is 0 Å². The van der Waals surface area contributed by atoms with Crippen LogP contribution < -0.4 is 5.73 Å². The first-order valence-electron chi connectivity index (χ1n) is 4.88. The summed E-state index contributed by atoms with van der Waals surface area (Å²) in [6, 6.07) is 8.77. The molecule has 0 unspecified atom stereocenters. The lowest BCUT2D eigenvalue weighted by Crippen LogP contribution is -2.35. The minimum atomic E-state index is -0.363. The number of guanidine groups is 1. The molecular weight excluding hydrogens is 206 g/mol. The van der Waals surface area contributed by atoms with E-state index in [0.717, 1.165) is 0 Å². The van der Waals surface area contributed by atoms with Crippen LogP contribution in [0.5, 0.6) is 0 Å². The summed E-state index contributed by atoms with van der Waals surface area (Å²) in [7, 11) is 1.67. The summed E-state index contributed by atoms with van der Waals surface area (Å²) < 4.78 is 5.02. The van der Waals surface area contributed by atoms with Crippen molar-refractivity contribution in [1.82, 2.24) is 4.90 Å². The Labute approximate surface area is 94.3 Å². The van der Waals surface area contributed by atoms with E-state index in [-0.39, 0.29) is 18.5 Å². The molecule has 0 heterocycles. The Hall–Kier alpha value is -2.04. The van der Waals surface area contributed by atoms with Gasteiger partial charge in [0.25, 0.3) is 0 Å². The maximum absolute atomic E-state index is 11.5. The maximum Gasteiger partial charge on any atom is 0.338 e. The highest BCUT2D eigenvalue weighted by Gasteiger charge is 2.06. The number of rotatable bonds is 4. The second-order valence-corrected chi connectivity index (χ2v) is 3.31. The van der Waals surface area contributed by atoms with Gasteiger partial charge in [-0.05, 0) is 12.1 Å². The second kappa shape index (κ2) is 5.75. The summed E-state index contributed by atoms with van der Waals surface area (Å²) >= 11 is 0. The molecule has 0 aromatic heterocycles. The van der Waals surface area contributed by atoms with E-state index in [1.165, 1.54) is 4.90 Å². The van der Waals surface area contributed by atoms with Gasteiger partial charge in [-0.25, -0.2) is 4.79 Å². The molecule has 0 aliphatic carbocycles. The van der Waals surface area contributed by atoms with Crippen molar-refractivity contribution in [2.45, 2.75) is 0 Å². The molecule has 0 aliphatic rings. The minimum Gasteiger partial charge on any atom is -0.460 e. The fraction of sp³-hybridized carbons (Fsp3) is 0.273. The number of benzene rings is 1. The molecule has 86 valence electrons. The lowest BCUT2D eigenvalue weighted by molar-refractivity contribution is 0.0491. The number of nitrogens with one attached hydrogen (secondary N) is 1. The van der Waals surface area contributed by atoms with Crippen molar-refractivity contribution >= 4 is 11.9 Å². The number of nitrogens with zero attached hydrogens (tertiary/aromatic N) is 1. The Morgan fingerprint density at radius 1 is 1.44 bits per heavy atom. The van der Waals surface area contributed by atoms with E-state index in [2.05, 4.69) is 0 Å². The lowest BCUT2D eigenvalue weighted by atomic mass is 10.2. The SMILES string of the molecule is CN(CCOC(=O)c1ccccc1)C(=N)N. The van der Waals surface area contributed by atoms with Gasteiger partial charge in [-0.2, -0.15) is 0 Å². The highest BCUT2D eigenvalue weighted by Crippen LogP contribution is 2.00. The lowest BCUT2D eigenvalue weighted by Gasteiger charge is -2.16. The number of likely N-dealkylation sites (N-methyl/N-ethyl adjacent to an activating group) is 1. The minimum absolute atomic E-state index is 0.0456. The third kappa shape index (κ3) is 3.61. The molecule has 1 aromatic rings. The van der Waals surface area contributed by atoms with Crippen LogP contribution >= 0.6 is 0 Å². The van der Waals surface area contributed by atoms with Gasteiger partial charge < -0.3 is 15.4 Å². The molecule has 0 spiro atoms. The highest BCUT2D eigenvalue weighted by atomic mass is 16.5. The monoisotopic (exact) mass is 221 g/mol. The van der Waals surface area contributed by atoms with E-state index in [1.54, 1.807) is 31.3 Å². The summed E-state index contributed by atoms with van der Waals surface area (Å²) in [6.45, 7) is 0.623. The van der Waals surface area contributed by atoms with E-state index in [0.29, 0.717) is 12.1 Å². The van der Waals surface area contributed by atoms with Crippen molar-refractivity contribution < 1.29 is 9.53 Å². The molecule has 0 saturated heterocycles. The summed E-state index contributed by atoms with van der Waals surface area (Å²) in [5.74, 6) is -0.409. The van der Waals surface area contributed by atoms with Crippen LogP contribution in [0.2, 0.25) is 0 Å². The summed E-state index contributed by atoms with van der Waals surface area (Å²) in [6.07, 6.45) is 0. The molecule has 0 amide bonds. The third-order valence-electron chi connectivity index (χ3n) is 2.08. The van der Waals surface area contributed by atoms with Crippen LogP contribution in [0.25, 0.3) is 0 Å². The number of ether oxygens (including phenoxy) is 1. The molecule has 5 nitrogen and oxygen atoms in total. The number of hydrogen-bond donors (Lipinski definition) is 2. The van der Waals surface area contributed by atoms with Crippen molar-refractivity contribution in [2.24, 2.45) is 5.73 Å². The average Bonchev–Trinajstić information content (AvgIpc) is 2.29. The molecule has 0 saturated carbocycles. The van der Waals surface area contributed by atoms with Gasteiger partial charge in [-0.1, -0.05) is 18.2 Å². The molecule has 0 bridgehead atoms. The molecule has 16 heavy (non-hydrogen) atoms.